The Balaban J connectivity index is 3.78. The molecule has 0 saturated heterocycles. The number of unbranched alkanes of at least 4 members (excludes halogenated alkanes) is 1. The zero-order chi connectivity index (χ0) is 11.8. The maximum Gasteiger partial charge on any atom is 0.241 e. The van der Waals surface area contributed by atoms with Crippen LogP contribution < -0.4 is 5.32 Å². The minimum atomic E-state index is -0.0766. The van der Waals surface area contributed by atoms with Crippen molar-refractivity contribution in [1.82, 2.24) is 10.2 Å². The van der Waals surface area contributed by atoms with E-state index in [0.29, 0.717) is 0 Å². The molecule has 0 aromatic heterocycles. The molecule has 0 aromatic rings. The van der Waals surface area contributed by atoms with Crippen molar-refractivity contribution in [3.63, 3.8) is 0 Å². The third-order valence-electron chi connectivity index (χ3n) is 2.21. The van der Waals surface area contributed by atoms with Gasteiger partial charge in [0.1, 0.15) is 0 Å². The molecule has 15 heavy (non-hydrogen) atoms. The first-order chi connectivity index (χ1) is 6.99. The first-order valence-corrected chi connectivity index (χ1v) is 5.50. The van der Waals surface area contributed by atoms with Crippen LogP contribution in [0, 0.1) is 5.92 Å². The van der Waals surface area contributed by atoms with Crippen LogP contribution >= 0.6 is 0 Å². The lowest BCUT2D eigenvalue weighted by Crippen LogP contribution is -2.39. The van der Waals surface area contributed by atoms with E-state index in [2.05, 4.69) is 12.2 Å². The van der Waals surface area contributed by atoms with Crippen LogP contribution in [0.25, 0.3) is 0 Å². The van der Waals surface area contributed by atoms with Gasteiger partial charge in [-0.25, -0.2) is 0 Å². The van der Waals surface area contributed by atoms with E-state index in [4.69, 9.17) is 0 Å². The fraction of sp³-hybridized carbons (Fsp3) is 0.818. The molecule has 1 N–H and O–H groups in total. The number of amides is 2. The van der Waals surface area contributed by atoms with Crippen LogP contribution in [0.2, 0.25) is 0 Å². The lowest BCUT2D eigenvalue weighted by Gasteiger charge is -2.17. The Bertz CT molecular complexity index is 215. The van der Waals surface area contributed by atoms with Gasteiger partial charge in [0.2, 0.25) is 11.8 Å². The number of nitrogens with one attached hydrogen (secondary N) is 1. The molecular formula is C11H22N2O2. The highest BCUT2D eigenvalue weighted by atomic mass is 16.2. The Morgan fingerprint density at radius 2 is 1.93 bits per heavy atom. The summed E-state index contributed by atoms with van der Waals surface area (Å²) in [6, 6.07) is 0. The maximum atomic E-state index is 11.5. The van der Waals surface area contributed by atoms with Gasteiger partial charge >= 0.3 is 0 Å². The lowest BCUT2D eigenvalue weighted by atomic mass is 10.2. The maximum absolute atomic E-state index is 11.5. The molecule has 0 aliphatic carbocycles. The van der Waals surface area contributed by atoms with Crippen molar-refractivity contribution in [2.24, 2.45) is 5.92 Å². The van der Waals surface area contributed by atoms with Crippen LogP contribution in [0.5, 0.6) is 0 Å². The van der Waals surface area contributed by atoms with Gasteiger partial charge in [-0.3, -0.25) is 9.59 Å². The third kappa shape index (κ3) is 6.10. The van der Waals surface area contributed by atoms with Gasteiger partial charge in [-0.1, -0.05) is 27.2 Å². The highest BCUT2D eigenvalue weighted by Gasteiger charge is 2.11. The van der Waals surface area contributed by atoms with Crippen LogP contribution in [0.1, 0.15) is 33.6 Å². The first kappa shape index (κ1) is 13.9. The molecule has 0 aliphatic heterocycles. The molecule has 88 valence electrons. The summed E-state index contributed by atoms with van der Waals surface area (Å²) in [5, 5.41) is 2.61. The normalized spacial score (nSPS) is 10.2. The quantitative estimate of drug-likeness (QED) is 0.717. The molecule has 0 rings (SSSR count). The third-order valence-corrected chi connectivity index (χ3v) is 2.21. The molecule has 0 heterocycles. The second-order valence-electron chi connectivity index (χ2n) is 4.04. The zero-order valence-electron chi connectivity index (χ0n) is 10.2. The molecule has 4 nitrogen and oxygen atoms in total. The first-order valence-electron chi connectivity index (χ1n) is 5.50. The molecule has 0 atom stereocenters. The van der Waals surface area contributed by atoms with E-state index in [1.165, 1.54) is 0 Å². The summed E-state index contributed by atoms with van der Waals surface area (Å²) in [6.45, 7) is 6.56. The van der Waals surface area contributed by atoms with Crippen molar-refractivity contribution < 1.29 is 9.59 Å². The number of nitrogens with zero attached hydrogens (tertiary/aromatic N) is 1. The number of likely N-dealkylation sites (N-methyl/N-ethyl adjacent to an activating group) is 1. The molecule has 4 heteroatoms. The van der Waals surface area contributed by atoms with E-state index in [0.717, 1.165) is 19.4 Å². The summed E-state index contributed by atoms with van der Waals surface area (Å²) < 4.78 is 0. The van der Waals surface area contributed by atoms with Gasteiger partial charge in [0, 0.05) is 19.5 Å². The monoisotopic (exact) mass is 214 g/mol. The molecule has 0 spiro atoms. The van der Waals surface area contributed by atoms with Crippen molar-refractivity contribution in [1.29, 1.82) is 0 Å². The van der Waals surface area contributed by atoms with Gasteiger partial charge < -0.3 is 10.2 Å². The average molecular weight is 214 g/mol. The Morgan fingerprint density at radius 3 is 2.40 bits per heavy atom. The Kier molecular flexibility index (Phi) is 6.75. The van der Waals surface area contributed by atoms with E-state index in [9.17, 15) is 9.59 Å². The molecule has 0 fully saturated rings. The predicted octanol–water partition coefficient (Wildman–Crippen LogP) is 1.02. The summed E-state index contributed by atoms with van der Waals surface area (Å²) in [4.78, 5) is 24.3. The SMILES string of the molecule is CCCCN(C)C(=O)CNC(=O)C(C)C. The Morgan fingerprint density at radius 1 is 1.33 bits per heavy atom. The van der Waals surface area contributed by atoms with Gasteiger partial charge in [0.05, 0.1) is 6.54 Å². The second kappa shape index (κ2) is 7.26. The molecule has 2 amide bonds. The zero-order valence-corrected chi connectivity index (χ0v) is 10.2. The van der Waals surface area contributed by atoms with Crippen molar-refractivity contribution in [3.05, 3.63) is 0 Å². The van der Waals surface area contributed by atoms with Gasteiger partial charge in [0.25, 0.3) is 0 Å². The molecule has 0 aromatic carbocycles. The summed E-state index contributed by atoms with van der Waals surface area (Å²) in [5.41, 5.74) is 0. The minimum absolute atomic E-state index is 0.0301. The fourth-order valence-electron chi connectivity index (χ4n) is 1.02. The van der Waals surface area contributed by atoms with E-state index in [1.54, 1.807) is 25.8 Å². The highest BCUT2D eigenvalue weighted by molar-refractivity contribution is 5.85. The lowest BCUT2D eigenvalue weighted by molar-refractivity contribution is -0.132. The van der Waals surface area contributed by atoms with E-state index in [1.807, 2.05) is 0 Å². The average Bonchev–Trinajstić information content (AvgIpc) is 2.21. The van der Waals surface area contributed by atoms with Gasteiger partial charge in [-0.05, 0) is 6.42 Å². The summed E-state index contributed by atoms with van der Waals surface area (Å²) in [6.07, 6.45) is 2.07. The van der Waals surface area contributed by atoms with Crippen LogP contribution in [0.15, 0.2) is 0 Å². The molecule has 0 unspecified atom stereocenters. The standard InChI is InChI=1S/C11H22N2O2/c1-5-6-7-13(4)10(14)8-12-11(15)9(2)3/h9H,5-8H2,1-4H3,(H,12,15). The number of hydrogen-bond donors (Lipinski definition) is 1. The van der Waals surface area contributed by atoms with E-state index >= 15 is 0 Å². The van der Waals surface area contributed by atoms with Crippen molar-refractivity contribution in [2.75, 3.05) is 20.1 Å². The Hall–Kier alpha value is -1.06. The van der Waals surface area contributed by atoms with Crippen LogP contribution in [0.3, 0.4) is 0 Å². The largest absolute Gasteiger partial charge is 0.347 e. The second-order valence-corrected chi connectivity index (χ2v) is 4.04. The van der Waals surface area contributed by atoms with Crippen molar-refractivity contribution >= 4 is 11.8 Å². The van der Waals surface area contributed by atoms with Gasteiger partial charge in [-0.2, -0.15) is 0 Å². The minimum Gasteiger partial charge on any atom is -0.347 e. The fourth-order valence-corrected chi connectivity index (χ4v) is 1.02. The van der Waals surface area contributed by atoms with Crippen molar-refractivity contribution in [2.45, 2.75) is 33.6 Å². The molecular weight excluding hydrogens is 192 g/mol. The van der Waals surface area contributed by atoms with E-state index in [-0.39, 0.29) is 24.3 Å². The van der Waals surface area contributed by atoms with Gasteiger partial charge in [-0.15, -0.1) is 0 Å². The molecule has 0 radical (unpaired) electrons. The summed E-state index contributed by atoms with van der Waals surface area (Å²) >= 11 is 0. The molecule has 0 aliphatic rings. The highest BCUT2D eigenvalue weighted by Crippen LogP contribution is 1.93. The van der Waals surface area contributed by atoms with Crippen LogP contribution in [0.4, 0.5) is 0 Å². The number of rotatable bonds is 6. The van der Waals surface area contributed by atoms with Gasteiger partial charge in [0.15, 0.2) is 0 Å². The van der Waals surface area contributed by atoms with Crippen molar-refractivity contribution in [3.8, 4) is 0 Å². The predicted molar refractivity (Wildman–Crippen MR) is 60.4 cm³/mol. The van der Waals surface area contributed by atoms with Crippen LogP contribution in [-0.4, -0.2) is 36.9 Å². The molecule has 0 bridgehead atoms. The Labute approximate surface area is 92.0 Å². The number of carbonyl (C=O) groups is 2. The summed E-state index contributed by atoms with van der Waals surface area (Å²) in [7, 11) is 1.76. The smallest absolute Gasteiger partial charge is 0.241 e. The summed E-state index contributed by atoms with van der Waals surface area (Å²) in [5.74, 6) is -0.177. The van der Waals surface area contributed by atoms with Crippen LogP contribution in [-0.2, 0) is 9.59 Å². The number of carbonyl (C=O) groups excluding carboxylic acids is 2. The molecule has 0 saturated carbocycles. The topological polar surface area (TPSA) is 49.4 Å². The van der Waals surface area contributed by atoms with E-state index < -0.39 is 0 Å². The number of hydrogen-bond acceptors (Lipinski definition) is 2.